The molecule has 1 saturated carbocycles. The first kappa shape index (κ1) is 17.6. The fourth-order valence-electron chi connectivity index (χ4n) is 3.17. The molecule has 0 amide bonds. The number of carbonyl (C=O) groups excluding carboxylic acids is 2. The van der Waals surface area contributed by atoms with E-state index in [0.717, 1.165) is 24.1 Å². The van der Waals surface area contributed by atoms with Gasteiger partial charge in [-0.1, -0.05) is 51.1 Å². The number of aliphatic imine (C=N–C) groups is 1. The minimum absolute atomic E-state index is 0.0150. The molecule has 1 unspecified atom stereocenters. The van der Waals surface area contributed by atoms with Crippen LogP contribution >= 0.6 is 0 Å². The van der Waals surface area contributed by atoms with Crippen LogP contribution in [0.1, 0.15) is 52.5 Å². The Hall–Kier alpha value is -1.77. The summed E-state index contributed by atoms with van der Waals surface area (Å²) in [7, 11) is 0. The highest BCUT2D eigenvalue weighted by atomic mass is 16.2. The highest BCUT2D eigenvalue weighted by molar-refractivity contribution is 6.23. The lowest BCUT2D eigenvalue weighted by molar-refractivity contribution is -0.131. The Balaban J connectivity index is 2.26. The third-order valence-electron chi connectivity index (χ3n) is 4.49. The molecule has 0 radical (unpaired) electrons. The zero-order valence-electron chi connectivity index (χ0n) is 14.6. The fourth-order valence-corrected chi connectivity index (χ4v) is 3.17. The molecule has 0 aromatic heterocycles. The van der Waals surface area contributed by atoms with Crippen LogP contribution < -0.4 is 0 Å². The van der Waals surface area contributed by atoms with E-state index >= 15 is 0 Å². The summed E-state index contributed by atoms with van der Waals surface area (Å²) < 4.78 is 0. The van der Waals surface area contributed by atoms with Crippen molar-refractivity contribution < 1.29 is 9.59 Å². The van der Waals surface area contributed by atoms with Gasteiger partial charge in [-0.25, -0.2) is 0 Å². The summed E-state index contributed by atoms with van der Waals surface area (Å²) in [6.45, 7) is 8.27. The first-order valence-corrected chi connectivity index (χ1v) is 8.48. The lowest BCUT2D eigenvalue weighted by Crippen LogP contribution is -2.43. The molecule has 2 atom stereocenters. The van der Waals surface area contributed by atoms with E-state index in [1.165, 1.54) is 0 Å². The first-order chi connectivity index (χ1) is 10.8. The Morgan fingerprint density at radius 1 is 1.26 bits per heavy atom. The second-order valence-corrected chi connectivity index (χ2v) is 7.42. The van der Waals surface area contributed by atoms with Gasteiger partial charge >= 0.3 is 0 Å². The highest BCUT2D eigenvalue weighted by Gasteiger charge is 2.41. The Labute approximate surface area is 139 Å². The summed E-state index contributed by atoms with van der Waals surface area (Å²) in [6.07, 6.45) is 2.40. The number of hydrogen-bond donors (Lipinski definition) is 0. The minimum Gasteiger partial charge on any atom is -0.298 e. The Bertz CT molecular complexity index is 601. The third-order valence-corrected chi connectivity index (χ3v) is 4.49. The van der Waals surface area contributed by atoms with Gasteiger partial charge in [0.2, 0.25) is 0 Å². The van der Waals surface area contributed by atoms with Gasteiger partial charge in [-0.3, -0.25) is 14.6 Å². The van der Waals surface area contributed by atoms with Crippen molar-refractivity contribution in [3.63, 3.8) is 0 Å². The molecule has 0 N–H and O–H groups in total. The standard InChI is InChI=1S/C20H27NO2/c1-5-14(2)21-16-12-20(3,4)13-18(23)19(16)17(22)11-15-9-7-6-8-10-15/h6-10,14,19H,5,11-13H2,1-4H3/t14-,19?/m0/s1. The maximum atomic E-state index is 12.8. The van der Waals surface area contributed by atoms with Crippen molar-refractivity contribution in [2.75, 3.05) is 0 Å². The molecule has 0 spiro atoms. The monoisotopic (exact) mass is 313 g/mol. The lowest BCUT2D eigenvalue weighted by Gasteiger charge is -2.34. The van der Waals surface area contributed by atoms with E-state index in [2.05, 4.69) is 20.8 Å². The molecular weight excluding hydrogens is 286 g/mol. The van der Waals surface area contributed by atoms with E-state index < -0.39 is 5.92 Å². The largest absolute Gasteiger partial charge is 0.298 e. The average Bonchev–Trinajstić information content (AvgIpc) is 2.46. The van der Waals surface area contributed by atoms with E-state index in [4.69, 9.17) is 4.99 Å². The molecule has 3 nitrogen and oxygen atoms in total. The van der Waals surface area contributed by atoms with Gasteiger partial charge in [0.05, 0.1) is 0 Å². The zero-order valence-corrected chi connectivity index (χ0v) is 14.6. The van der Waals surface area contributed by atoms with Gasteiger partial charge < -0.3 is 0 Å². The van der Waals surface area contributed by atoms with Crippen LogP contribution in [0.4, 0.5) is 0 Å². The molecule has 3 heteroatoms. The van der Waals surface area contributed by atoms with Crippen molar-refractivity contribution >= 4 is 17.3 Å². The molecule has 1 aliphatic carbocycles. The van der Waals surface area contributed by atoms with Crippen LogP contribution in [0, 0.1) is 11.3 Å². The minimum atomic E-state index is -0.641. The number of Topliss-reactive ketones (excluding diaryl/α,β-unsaturated/α-hetero) is 2. The van der Waals surface area contributed by atoms with Gasteiger partial charge in [-0.2, -0.15) is 0 Å². The predicted molar refractivity (Wildman–Crippen MR) is 93.9 cm³/mol. The molecule has 1 aromatic carbocycles. The second kappa shape index (κ2) is 7.20. The van der Waals surface area contributed by atoms with Gasteiger partial charge in [0.15, 0.2) is 5.78 Å². The topological polar surface area (TPSA) is 46.5 Å². The van der Waals surface area contributed by atoms with E-state index in [1.54, 1.807) is 0 Å². The van der Waals surface area contributed by atoms with Crippen LogP contribution in [-0.4, -0.2) is 23.3 Å². The molecule has 2 rings (SSSR count). The number of carbonyl (C=O) groups is 2. The number of nitrogens with zero attached hydrogens (tertiary/aromatic N) is 1. The molecule has 0 bridgehead atoms. The van der Waals surface area contributed by atoms with E-state index in [1.807, 2.05) is 37.3 Å². The number of ketones is 2. The third kappa shape index (κ3) is 4.60. The van der Waals surface area contributed by atoms with E-state index in [0.29, 0.717) is 12.8 Å². The molecule has 1 aromatic rings. The number of rotatable bonds is 5. The first-order valence-electron chi connectivity index (χ1n) is 8.48. The number of hydrogen-bond acceptors (Lipinski definition) is 3. The van der Waals surface area contributed by atoms with Crippen LogP contribution in [0.5, 0.6) is 0 Å². The maximum Gasteiger partial charge on any atom is 0.153 e. The average molecular weight is 313 g/mol. The predicted octanol–water partition coefficient (Wildman–Crippen LogP) is 4.04. The van der Waals surface area contributed by atoms with Crippen molar-refractivity contribution in [2.45, 2.75) is 59.4 Å². The quantitative estimate of drug-likeness (QED) is 0.770. The van der Waals surface area contributed by atoms with Crippen molar-refractivity contribution in [1.82, 2.24) is 0 Å². The van der Waals surface area contributed by atoms with Crippen LogP contribution in [0.15, 0.2) is 35.3 Å². The van der Waals surface area contributed by atoms with Gasteiger partial charge in [-0.15, -0.1) is 0 Å². The van der Waals surface area contributed by atoms with Gasteiger partial charge in [-0.05, 0) is 30.7 Å². The van der Waals surface area contributed by atoms with Crippen molar-refractivity contribution in [1.29, 1.82) is 0 Å². The molecule has 0 heterocycles. The van der Waals surface area contributed by atoms with Gasteiger partial charge in [0.1, 0.15) is 11.7 Å². The molecule has 0 saturated heterocycles. The van der Waals surface area contributed by atoms with Gasteiger partial charge in [0, 0.05) is 24.6 Å². The summed E-state index contributed by atoms with van der Waals surface area (Å²) in [5.74, 6) is -0.625. The smallest absolute Gasteiger partial charge is 0.153 e. The summed E-state index contributed by atoms with van der Waals surface area (Å²) >= 11 is 0. The van der Waals surface area contributed by atoms with E-state index in [-0.39, 0.29) is 23.0 Å². The van der Waals surface area contributed by atoms with Crippen molar-refractivity contribution in [3.8, 4) is 0 Å². The second-order valence-electron chi connectivity index (χ2n) is 7.42. The Morgan fingerprint density at radius 2 is 1.91 bits per heavy atom. The van der Waals surface area contributed by atoms with Crippen LogP contribution in [0.2, 0.25) is 0 Å². The molecular formula is C20H27NO2. The number of benzene rings is 1. The summed E-state index contributed by atoms with van der Waals surface area (Å²) in [4.78, 5) is 30.1. The van der Waals surface area contributed by atoms with Crippen LogP contribution in [0.25, 0.3) is 0 Å². The van der Waals surface area contributed by atoms with Crippen LogP contribution in [0.3, 0.4) is 0 Å². The summed E-state index contributed by atoms with van der Waals surface area (Å²) in [6, 6.07) is 9.78. The van der Waals surface area contributed by atoms with E-state index in [9.17, 15) is 9.59 Å². The highest BCUT2D eigenvalue weighted by Crippen LogP contribution is 2.35. The zero-order chi connectivity index (χ0) is 17.0. The molecule has 23 heavy (non-hydrogen) atoms. The molecule has 1 aliphatic rings. The summed E-state index contributed by atoms with van der Waals surface area (Å²) in [5.41, 5.74) is 1.65. The summed E-state index contributed by atoms with van der Waals surface area (Å²) in [5, 5.41) is 0. The Kier molecular flexibility index (Phi) is 5.51. The molecule has 124 valence electrons. The van der Waals surface area contributed by atoms with Crippen molar-refractivity contribution in [2.24, 2.45) is 16.3 Å². The SMILES string of the molecule is CC[C@H](C)N=C1CC(C)(C)CC(=O)C1C(=O)Cc1ccccc1. The normalized spacial score (nSPS) is 23.7. The van der Waals surface area contributed by atoms with Crippen LogP contribution in [-0.2, 0) is 16.0 Å². The van der Waals surface area contributed by atoms with Gasteiger partial charge in [0.25, 0.3) is 0 Å². The fraction of sp³-hybridized carbons (Fsp3) is 0.550. The molecule has 0 aliphatic heterocycles. The Morgan fingerprint density at radius 3 is 2.52 bits per heavy atom. The molecule has 1 fully saturated rings. The maximum absolute atomic E-state index is 12.8. The lowest BCUT2D eigenvalue weighted by atomic mass is 9.69. The van der Waals surface area contributed by atoms with Crippen molar-refractivity contribution in [3.05, 3.63) is 35.9 Å².